The largest absolute Gasteiger partial charge is 0.383 e. The van der Waals surface area contributed by atoms with E-state index in [2.05, 4.69) is 28.4 Å². The minimum Gasteiger partial charge on any atom is -0.383 e. The van der Waals surface area contributed by atoms with Crippen molar-refractivity contribution in [3.8, 4) is 22.3 Å². The molecule has 0 saturated carbocycles. The van der Waals surface area contributed by atoms with Gasteiger partial charge in [0.1, 0.15) is 5.82 Å². The molecule has 0 saturated heterocycles. The van der Waals surface area contributed by atoms with Crippen LogP contribution in [0.25, 0.3) is 26.8 Å². The van der Waals surface area contributed by atoms with Crippen LogP contribution in [0.2, 0.25) is 0 Å². The number of pyridine rings is 2. The van der Waals surface area contributed by atoms with E-state index in [1.54, 1.807) is 23.6 Å². The van der Waals surface area contributed by atoms with E-state index >= 15 is 0 Å². The van der Waals surface area contributed by atoms with Crippen molar-refractivity contribution in [3.63, 3.8) is 0 Å². The summed E-state index contributed by atoms with van der Waals surface area (Å²) in [5, 5.41) is 1.15. The summed E-state index contributed by atoms with van der Waals surface area (Å²) in [6.07, 6.45) is 1.79. The van der Waals surface area contributed by atoms with Crippen molar-refractivity contribution in [1.82, 2.24) is 9.97 Å². The Bertz CT molecular complexity index is 1460. The van der Waals surface area contributed by atoms with E-state index in [1.807, 2.05) is 56.3 Å². The Morgan fingerprint density at radius 1 is 1.00 bits per heavy atom. The number of rotatable bonds is 3. The van der Waals surface area contributed by atoms with Gasteiger partial charge in [-0.25, -0.2) is 4.98 Å². The Labute approximate surface area is 201 Å². The maximum atomic E-state index is 12.2. The van der Waals surface area contributed by atoms with Gasteiger partial charge in [-0.1, -0.05) is 30.7 Å². The molecule has 0 aliphatic rings. The highest BCUT2D eigenvalue weighted by atomic mass is 32.1. The summed E-state index contributed by atoms with van der Waals surface area (Å²) in [7, 11) is 0. The minimum absolute atomic E-state index is 0.133. The Balaban J connectivity index is 0.000000396. The van der Waals surface area contributed by atoms with E-state index in [9.17, 15) is 9.59 Å². The fourth-order valence-corrected chi connectivity index (χ4v) is 4.06. The first kappa shape index (κ1) is 24.2. The molecule has 3 aromatic heterocycles. The van der Waals surface area contributed by atoms with E-state index in [1.165, 1.54) is 4.88 Å². The molecular weight excluding hydrogens is 446 g/mol. The molecule has 1 aromatic carbocycles. The van der Waals surface area contributed by atoms with Crippen LogP contribution in [0.5, 0.6) is 0 Å². The molecule has 0 atom stereocenters. The quantitative estimate of drug-likeness (QED) is 0.391. The van der Waals surface area contributed by atoms with E-state index in [-0.39, 0.29) is 22.6 Å². The summed E-state index contributed by atoms with van der Waals surface area (Å²) < 4.78 is 0. The molecule has 0 fully saturated rings. The SMILES string of the molecule is C=C(C#CC(N)=O)c1nc(N)c2ccc(-c3ccc(C)s3)cc2c1C(N)=O.Cc1ccccn1. The minimum atomic E-state index is -0.819. The molecule has 0 unspecified atom stereocenters. The standard InChI is InChI=1S/C20H16N4O2S.C6H7N/c1-10(3-8-16(21)25)18-17(20(23)26)14-9-12(15-7-4-11(2)27-15)5-6-13(14)19(22)24-18;1-6-4-2-3-5-7-6/h4-7,9H,1H2,2H3,(H2,21,25)(H2,22,24)(H2,23,26);2-5H,1H3. The molecule has 170 valence electrons. The number of hydrogen-bond acceptors (Lipinski definition) is 6. The molecule has 4 aromatic rings. The van der Waals surface area contributed by atoms with Crippen molar-refractivity contribution in [2.24, 2.45) is 11.5 Å². The molecule has 2 amide bonds. The van der Waals surface area contributed by atoms with Crippen molar-refractivity contribution < 1.29 is 9.59 Å². The van der Waals surface area contributed by atoms with Crippen LogP contribution in [0.3, 0.4) is 0 Å². The lowest BCUT2D eigenvalue weighted by Crippen LogP contribution is -2.16. The van der Waals surface area contributed by atoms with Gasteiger partial charge in [0.05, 0.1) is 11.3 Å². The van der Waals surface area contributed by atoms with Crippen molar-refractivity contribution in [1.29, 1.82) is 0 Å². The number of carbonyl (C=O) groups is 2. The highest BCUT2D eigenvalue weighted by Gasteiger charge is 2.19. The highest BCUT2D eigenvalue weighted by molar-refractivity contribution is 7.15. The molecule has 0 spiro atoms. The number of aryl methyl sites for hydroxylation is 2. The molecular formula is C26H23N5O2S. The number of anilines is 1. The molecule has 0 bridgehead atoms. The lowest BCUT2D eigenvalue weighted by molar-refractivity contribution is -0.112. The molecule has 0 aliphatic carbocycles. The third kappa shape index (κ3) is 5.65. The normalized spacial score (nSPS) is 9.94. The van der Waals surface area contributed by atoms with Crippen LogP contribution in [0.15, 0.2) is 61.3 Å². The predicted molar refractivity (Wildman–Crippen MR) is 138 cm³/mol. The molecule has 4 rings (SSSR count). The number of amides is 2. The second-order valence-electron chi connectivity index (χ2n) is 7.32. The van der Waals surface area contributed by atoms with E-state index in [0.717, 1.165) is 16.1 Å². The van der Waals surface area contributed by atoms with Crippen LogP contribution in [-0.4, -0.2) is 21.8 Å². The van der Waals surface area contributed by atoms with Gasteiger partial charge in [-0.05, 0) is 49.7 Å². The molecule has 3 heterocycles. The number of nitrogen functional groups attached to an aromatic ring is 1. The van der Waals surface area contributed by atoms with E-state index < -0.39 is 11.8 Å². The second-order valence-corrected chi connectivity index (χ2v) is 8.61. The number of hydrogen-bond donors (Lipinski definition) is 3. The van der Waals surface area contributed by atoms with Gasteiger partial charge in [0.25, 0.3) is 11.8 Å². The summed E-state index contributed by atoms with van der Waals surface area (Å²) in [5.41, 5.74) is 19.1. The van der Waals surface area contributed by atoms with Gasteiger partial charge in [0.15, 0.2) is 0 Å². The maximum absolute atomic E-state index is 12.2. The van der Waals surface area contributed by atoms with Gasteiger partial charge in [0.2, 0.25) is 0 Å². The number of primary amides is 2. The van der Waals surface area contributed by atoms with E-state index in [0.29, 0.717) is 10.8 Å². The molecule has 6 N–H and O–H groups in total. The third-order valence-electron chi connectivity index (χ3n) is 4.74. The van der Waals surface area contributed by atoms with Gasteiger partial charge in [-0.3, -0.25) is 14.6 Å². The van der Waals surface area contributed by atoms with Gasteiger partial charge in [0, 0.05) is 43.9 Å². The first-order valence-corrected chi connectivity index (χ1v) is 11.0. The average Bonchev–Trinajstić information content (AvgIpc) is 3.24. The maximum Gasteiger partial charge on any atom is 0.293 e. The van der Waals surface area contributed by atoms with Crippen LogP contribution < -0.4 is 17.2 Å². The number of aromatic nitrogens is 2. The highest BCUT2D eigenvalue weighted by Crippen LogP contribution is 2.34. The Hall–Kier alpha value is -4.48. The monoisotopic (exact) mass is 469 g/mol. The Morgan fingerprint density at radius 3 is 2.29 bits per heavy atom. The number of thiophene rings is 1. The Morgan fingerprint density at radius 2 is 1.76 bits per heavy atom. The molecule has 0 aliphatic heterocycles. The topological polar surface area (TPSA) is 138 Å². The van der Waals surface area contributed by atoms with Crippen molar-refractivity contribution in [3.05, 3.63) is 83.1 Å². The third-order valence-corrected chi connectivity index (χ3v) is 5.79. The number of nitrogens with zero attached hydrogens (tertiary/aromatic N) is 2. The van der Waals surface area contributed by atoms with Gasteiger partial charge < -0.3 is 17.2 Å². The van der Waals surface area contributed by atoms with Crippen LogP contribution in [0.1, 0.15) is 26.6 Å². The summed E-state index contributed by atoms with van der Waals surface area (Å²) in [4.78, 5) is 33.5. The summed E-state index contributed by atoms with van der Waals surface area (Å²) in [5.74, 6) is 3.37. The zero-order valence-electron chi connectivity index (χ0n) is 18.8. The van der Waals surface area contributed by atoms with Crippen LogP contribution in [-0.2, 0) is 4.79 Å². The fourth-order valence-electron chi connectivity index (χ4n) is 3.19. The van der Waals surface area contributed by atoms with Crippen LogP contribution in [0, 0.1) is 25.7 Å². The molecule has 7 nitrogen and oxygen atoms in total. The summed E-state index contributed by atoms with van der Waals surface area (Å²) in [6.45, 7) is 7.76. The van der Waals surface area contributed by atoms with Gasteiger partial charge in [-0.2, -0.15) is 0 Å². The fraction of sp³-hybridized carbons (Fsp3) is 0.0769. The number of carbonyl (C=O) groups excluding carboxylic acids is 2. The zero-order chi connectivity index (χ0) is 24.8. The number of allylic oxidation sites excluding steroid dienone is 1. The first-order chi connectivity index (χ1) is 16.2. The van der Waals surface area contributed by atoms with Crippen LogP contribution in [0.4, 0.5) is 5.82 Å². The van der Waals surface area contributed by atoms with Gasteiger partial charge >= 0.3 is 0 Å². The summed E-state index contributed by atoms with van der Waals surface area (Å²) >= 11 is 1.64. The first-order valence-electron chi connectivity index (χ1n) is 10.2. The van der Waals surface area contributed by atoms with Gasteiger partial charge in [-0.15, -0.1) is 11.3 Å². The number of fused-ring (bicyclic) bond motifs is 1. The van der Waals surface area contributed by atoms with Crippen molar-refractivity contribution in [2.75, 3.05) is 5.73 Å². The Kier molecular flexibility index (Phi) is 7.41. The zero-order valence-corrected chi connectivity index (χ0v) is 19.6. The van der Waals surface area contributed by atoms with E-state index in [4.69, 9.17) is 17.2 Å². The lowest BCUT2D eigenvalue weighted by atomic mass is 9.97. The average molecular weight is 470 g/mol. The predicted octanol–water partition coefficient (Wildman–Crippen LogP) is 3.84. The second kappa shape index (κ2) is 10.4. The van der Waals surface area contributed by atoms with Crippen molar-refractivity contribution >= 4 is 45.3 Å². The molecule has 0 radical (unpaired) electrons. The number of nitrogens with two attached hydrogens (primary N) is 3. The molecule has 34 heavy (non-hydrogen) atoms. The number of benzene rings is 1. The van der Waals surface area contributed by atoms with Crippen LogP contribution >= 0.6 is 11.3 Å². The lowest BCUT2D eigenvalue weighted by Gasteiger charge is -2.12. The smallest absolute Gasteiger partial charge is 0.293 e. The summed E-state index contributed by atoms with van der Waals surface area (Å²) in [6, 6.07) is 15.4. The molecule has 8 heteroatoms. The van der Waals surface area contributed by atoms with Crippen molar-refractivity contribution in [2.45, 2.75) is 13.8 Å².